The molecule has 0 aliphatic rings. The molecular formula is C54H56B2. The normalized spacial score (nSPS) is 11.3. The van der Waals surface area contributed by atoms with E-state index in [1.165, 1.54) is 99.7 Å². The van der Waals surface area contributed by atoms with E-state index in [1.807, 2.05) is 0 Å². The molecule has 0 bridgehead atoms. The van der Waals surface area contributed by atoms with Crippen molar-refractivity contribution in [3.8, 4) is 11.8 Å². The first-order chi connectivity index (χ1) is 26.7. The lowest BCUT2D eigenvalue weighted by molar-refractivity contribution is 1.34. The third-order valence-electron chi connectivity index (χ3n) is 11.3. The second-order valence-corrected chi connectivity index (χ2v) is 16.4. The van der Waals surface area contributed by atoms with Gasteiger partial charge >= 0.3 is 0 Å². The predicted octanol–water partition coefficient (Wildman–Crippen LogP) is 10.5. The quantitative estimate of drug-likeness (QED) is 0.108. The van der Waals surface area contributed by atoms with Gasteiger partial charge < -0.3 is 0 Å². The van der Waals surface area contributed by atoms with Crippen LogP contribution in [0.3, 0.4) is 0 Å². The van der Waals surface area contributed by atoms with Gasteiger partial charge in [-0.2, -0.15) is 0 Å². The molecule has 0 unspecified atom stereocenters. The van der Waals surface area contributed by atoms with Crippen LogP contribution in [0.25, 0.3) is 12.2 Å². The summed E-state index contributed by atoms with van der Waals surface area (Å²) in [7, 11) is 0. The van der Waals surface area contributed by atoms with Crippen molar-refractivity contribution in [2.24, 2.45) is 0 Å². The molecule has 0 heterocycles. The van der Waals surface area contributed by atoms with Crippen molar-refractivity contribution in [1.82, 2.24) is 0 Å². The number of hydrogen-bond acceptors (Lipinski definition) is 0. The zero-order chi connectivity index (χ0) is 40.3. The second kappa shape index (κ2) is 17.1. The number of aryl methyl sites for hydroxylation is 12. The molecule has 278 valence electrons. The van der Waals surface area contributed by atoms with E-state index in [0.717, 1.165) is 11.1 Å². The van der Waals surface area contributed by atoms with E-state index in [-0.39, 0.29) is 13.4 Å². The molecule has 0 saturated carbocycles. The van der Waals surface area contributed by atoms with Crippen LogP contribution in [0.1, 0.15) is 89.0 Å². The van der Waals surface area contributed by atoms with Crippen molar-refractivity contribution in [3.05, 3.63) is 198 Å². The Kier molecular flexibility index (Phi) is 12.3. The molecule has 0 N–H and O–H groups in total. The molecule has 6 aromatic carbocycles. The van der Waals surface area contributed by atoms with E-state index in [2.05, 4.69) is 216 Å². The van der Waals surface area contributed by atoms with E-state index in [0.29, 0.717) is 0 Å². The molecule has 0 atom stereocenters. The van der Waals surface area contributed by atoms with Crippen molar-refractivity contribution >= 4 is 47.4 Å². The Morgan fingerprint density at radius 1 is 0.321 bits per heavy atom. The van der Waals surface area contributed by atoms with Crippen LogP contribution in [0, 0.1) is 94.9 Å². The van der Waals surface area contributed by atoms with Gasteiger partial charge in [-0.1, -0.05) is 185 Å². The molecule has 0 radical (unpaired) electrons. The fourth-order valence-corrected chi connectivity index (χ4v) is 9.31. The van der Waals surface area contributed by atoms with E-state index in [1.54, 1.807) is 0 Å². The van der Waals surface area contributed by atoms with E-state index >= 15 is 0 Å². The Labute approximate surface area is 339 Å². The number of rotatable bonds is 8. The summed E-state index contributed by atoms with van der Waals surface area (Å²) in [5.41, 5.74) is 25.9. The van der Waals surface area contributed by atoms with Crippen LogP contribution in [-0.4, -0.2) is 13.4 Å². The molecule has 0 aromatic heterocycles. The van der Waals surface area contributed by atoms with Gasteiger partial charge in [0.2, 0.25) is 13.4 Å². The topological polar surface area (TPSA) is 0 Å². The summed E-state index contributed by atoms with van der Waals surface area (Å²) in [5, 5.41) is 0. The minimum Gasteiger partial charge on any atom is -0.105 e. The Balaban J connectivity index is 1.22. The molecule has 6 aromatic rings. The zero-order valence-electron chi connectivity index (χ0n) is 35.7. The van der Waals surface area contributed by atoms with Crippen LogP contribution in [0.15, 0.2) is 109 Å². The fraction of sp³-hybridized carbons (Fsp3) is 0.222. The van der Waals surface area contributed by atoms with Crippen LogP contribution in [0.5, 0.6) is 0 Å². The van der Waals surface area contributed by atoms with Crippen molar-refractivity contribution in [3.63, 3.8) is 0 Å². The molecule has 2 heteroatoms. The Hall–Kier alpha value is -5.51. The van der Waals surface area contributed by atoms with E-state index in [9.17, 15) is 0 Å². The van der Waals surface area contributed by atoms with Crippen LogP contribution in [-0.2, 0) is 0 Å². The first kappa shape index (κ1) is 40.2. The monoisotopic (exact) mass is 726 g/mol. The maximum Gasteiger partial charge on any atom is 0.235 e. The third kappa shape index (κ3) is 9.12. The number of hydrogen-bond donors (Lipinski definition) is 0. The predicted molar refractivity (Wildman–Crippen MR) is 250 cm³/mol. The molecule has 0 nitrogen and oxygen atoms in total. The molecule has 0 fully saturated rings. The van der Waals surface area contributed by atoms with E-state index in [4.69, 9.17) is 0 Å². The van der Waals surface area contributed by atoms with E-state index < -0.39 is 0 Å². The molecule has 0 amide bonds. The second-order valence-electron chi connectivity index (χ2n) is 16.4. The summed E-state index contributed by atoms with van der Waals surface area (Å²) in [6.45, 7) is 27.1. The van der Waals surface area contributed by atoms with Gasteiger partial charge in [-0.05, 0) is 118 Å². The SMILES string of the molecule is Cc1cc(C)c(B(/C=C/c2ccc(C#Cc3ccc(/C=C/B(c4c(C)cc(C)cc4C)c4c(C)cc(C)cc4C)cc3)cc2)c2c(C)cc(C)cc2C)c(C)c1. The lowest BCUT2D eigenvalue weighted by Gasteiger charge is -2.22. The van der Waals surface area contributed by atoms with Crippen LogP contribution in [0.4, 0.5) is 0 Å². The summed E-state index contributed by atoms with van der Waals surface area (Å²) in [6, 6.07) is 35.8. The summed E-state index contributed by atoms with van der Waals surface area (Å²) in [6.07, 6.45) is 4.55. The first-order valence-corrected chi connectivity index (χ1v) is 20.1. The maximum atomic E-state index is 3.40. The third-order valence-corrected chi connectivity index (χ3v) is 11.3. The van der Waals surface area contributed by atoms with Gasteiger partial charge in [-0.3, -0.25) is 0 Å². The molecular weight excluding hydrogens is 670 g/mol. The molecule has 6 rings (SSSR count). The molecule has 0 aliphatic carbocycles. The average Bonchev–Trinajstić information content (AvgIpc) is 3.10. The van der Waals surface area contributed by atoms with Gasteiger partial charge in [-0.25, -0.2) is 0 Å². The zero-order valence-corrected chi connectivity index (χ0v) is 35.7. The summed E-state index contributed by atoms with van der Waals surface area (Å²) >= 11 is 0. The Bertz CT molecular complexity index is 2150. The van der Waals surface area contributed by atoms with Gasteiger partial charge in [0.05, 0.1) is 0 Å². The highest BCUT2D eigenvalue weighted by Crippen LogP contribution is 2.17. The lowest BCUT2D eigenvalue weighted by atomic mass is 9.37. The minimum absolute atomic E-state index is 0.172. The number of benzene rings is 6. The van der Waals surface area contributed by atoms with Crippen molar-refractivity contribution in [2.75, 3.05) is 0 Å². The fourth-order valence-electron chi connectivity index (χ4n) is 9.31. The highest BCUT2D eigenvalue weighted by molar-refractivity contribution is 6.91. The highest BCUT2D eigenvalue weighted by Gasteiger charge is 2.25. The standard InChI is InChI=1S/C54H56B2/c1-35-27-39(5)51(40(6)28-35)55(52-41(7)29-36(2)30-42(52)8)25-23-49-19-15-47(16-20-49)13-14-48-17-21-50(22-18-48)24-26-56(53-43(9)31-37(3)32-44(53)10)54-45(11)33-38(4)34-46(54)12/h15-34H,1-12H3/b25-23+,26-24+. The van der Waals surface area contributed by atoms with Gasteiger partial charge in [-0.15, -0.1) is 12.0 Å². The lowest BCUT2D eigenvalue weighted by Crippen LogP contribution is -2.46. The molecule has 56 heavy (non-hydrogen) atoms. The van der Waals surface area contributed by atoms with Crippen molar-refractivity contribution in [2.45, 2.75) is 83.1 Å². The largest absolute Gasteiger partial charge is 0.235 e. The van der Waals surface area contributed by atoms with Gasteiger partial charge in [0.1, 0.15) is 0 Å². The first-order valence-electron chi connectivity index (χ1n) is 20.1. The minimum atomic E-state index is 0.172. The molecule has 0 saturated heterocycles. The van der Waals surface area contributed by atoms with Crippen molar-refractivity contribution < 1.29 is 0 Å². The summed E-state index contributed by atoms with van der Waals surface area (Å²) in [4.78, 5) is 0. The highest BCUT2D eigenvalue weighted by atomic mass is 14.1. The Morgan fingerprint density at radius 3 is 0.750 bits per heavy atom. The maximum absolute atomic E-state index is 3.40. The Morgan fingerprint density at radius 2 is 0.536 bits per heavy atom. The van der Waals surface area contributed by atoms with Gasteiger partial charge in [0.15, 0.2) is 0 Å². The summed E-state index contributed by atoms with van der Waals surface area (Å²) in [5.74, 6) is 11.6. The van der Waals surface area contributed by atoms with Crippen LogP contribution >= 0.6 is 0 Å². The van der Waals surface area contributed by atoms with Gasteiger partial charge in [0.25, 0.3) is 0 Å². The molecule has 0 spiro atoms. The smallest absolute Gasteiger partial charge is 0.105 e. The molecule has 0 aliphatic heterocycles. The van der Waals surface area contributed by atoms with Crippen molar-refractivity contribution in [1.29, 1.82) is 0 Å². The van der Waals surface area contributed by atoms with Gasteiger partial charge in [0, 0.05) is 11.1 Å². The van der Waals surface area contributed by atoms with Crippen LogP contribution in [0.2, 0.25) is 0 Å². The summed E-state index contributed by atoms with van der Waals surface area (Å²) < 4.78 is 0. The van der Waals surface area contributed by atoms with Crippen LogP contribution < -0.4 is 21.9 Å². The average molecular weight is 727 g/mol.